The predicted molar refractivity (Wildman–Crippen MR) is 129 cm³/mol. The first kappa shape index (κ1) is 23.4. The second kappa shape index (κ2) is 11.4. The van der Waals surface area contributed by atoms with Crippen LogP contribution < -0.4 is 19.1 Å². The average Bonchev–Trinajstić information content (AvgIpc) is 3.56. The molecule has 1 aliphatic rings. The second-order valence-electron chi connectivity index (χ2n) is 8.05. The fraction of sp³-hybridized carbons (Fsp3) is 0.400. The molecule has 176 valence electrons. The monoisotopic (exact) mass is 470 g/mol. The van der Waals surface area contributed by atoms with Crippen LogP contribution in [0.4, 0.5) is 11.4 Å². The van der Waals surface area contributed by atoms with Gasteiger partial charge in [0.05, 0.1) is 31.9 Å². The van der Waals surface area contributed by atoms with Crippen LogP contribution in [-0.4, -0.2) is 47.7 Å². The SMILES string of the molecule is COc1ccc(N(Cc2cncs2)c2ccc(OCC(O)CO)cc2)cc1OC1CCCC1. The zero-order chi connectivity index (χ0) is 23.0. The number of ether oxygens (including phenoxy) is 3. The fourth-order valence-electron chi connectivity index (χ4n) is 3.89. The molecule has 7 nitrogen and oxygen atoms in total. The van der Waals surface area contributed by atoms with E-state index in [1.807, 2.05) is 54.2 Å². The first-order chi connectivity index (χ1) is 16.2. The van der Waals surface area contributed by atoms with Crippen molar-refractivity contribution in [1.82, 2.24) is 4.98 Å². The summed E-state index contributed by atoms with van der Waals surface area (Å²) in [6.45, 7) is 0.369. The average molecular weight is 471 g/mol. The molecule has 4 rings (SSSR count). The van der Waals surface area contributed by atoms with Crippen LogP contribution in [0.3, 0.4) is 0 Å². The lowest BCUT2D eigenvalue weighted by atomic mass is 10.2. The van der Waals surface area contributed by atoms with Crippen molar-refractivity contribution in [3.63, 3.8) is 0 Å². The molecule has 0 bridgehead atoms. The van der Waals surface area contributed by atoms with Crippen molar-refractivity contribution in [2.45, 2.75) is 44.4 Å². The number of aromatic nitrogens is 1. The Balaban J connectivity index is 1.60. The molecule has 0 aliphatic heterocycles. The Morgan fingerprint density at radius 3 is 2.52 bits per heavy atom. The van der Waals surface area contributed by atoms with Gasteiger partial charge in [0.15, 0.2) is 11.5 Å². The smallest absolute Gasteiger partial charge is 0.163 e. The molecule has 0 saturated heterocycles. The Hall–Kier alpha value is -2.81. The van der Waals surface area contributed by atoms with E-state index in [9.17, 15) is 5.11 Å². The van der Waals surface area contributed by atoms with Crippen molar-refractivity contribution in [3.8, 4) is 17.2 Å². The van der Waals surface area contributed by atoms with E-state index in [0.29, 0.717) is 12.3 Å². The van der Waals surface area contributed by atoms with Gasteiger partial charge in [-0.15, -0.1) is 11.3 Å². The number of aliphatic hydroxyl groups excluding tert-OH is 2. The van der Waals surface area contributed by atoms with Crippen LogP contribution in [0.5, 0.6) is 17.2 Å². The summed E-state index contributed by atoms with van der Waals surface area (Å²) in [6.07, 6.45) is 5.77. The minimum absolute atomic E-state index is 0.0424. The number of anilines is 2. The van der Waals surface area contributed by atoms with Gasteiger partial charge in [-0.25, -0.2) is 0 Å². The molecule has 1 atom stereocenters. The molecule has 2 N–H and O–H groups in total. The van der Waals surface area contributed by atoms with Gasteiger partial charge in [-0.05, 0) is 62.1 Å². The Bertz CT molecular complexity index is 991. The Morgan fingerprint density at radius 2 is 1.85 bits per heavy atom. The first-order valence-corrected chi connectivity index (χ1v) is 12.1. The number of aliphatic hydroxyl groups is 2. The zero-order valence-electron chi connectivity index (χ0n) is 18.7. The standard InChI is InChI=1S/C25H30N2O5S/c1-30-24-11-8-19(12-25(24)32-22-4-2-3-5-22)27(14-23-13-26-17-33-23)18-6-9-21(10-7-18)31-16-20(29)15-28/h6-13,17,20,22,28-29H,2-5,14-16H2,1H3. The van der Waals surface area contributed by atoms with E-state index in [1.165, 1.54) is 12.8 Å². The van der Waals surface area contributed by atoms with Gasteiger partial charge in [-0.1, -0.05) is 0 Å². The molecule has 33 heavy (non-hydrogen) atoms. The minimum Gasteiger partial charge on any atom is -0.493 e. The first-order valence-electron chi connectivity index (χ1n) is 11.2. The summed E-state index contributed by atoms with van der Waals surface area (Å²) < 4.78 is 17.4. The Kier molecular flexibility index (Phi) is 8.04. The molecule has 1 fully saturated rings. The van der Waals surface area contributed by atoms with E-state index in [-0.39, 0.29) is 19.3 Å². The van der Waals surface area contributed by atoms with Gasteiger partial charge in [0.1, 0.15) is 18.5 Å². The number of rotatable bonds is 11. The highest BCUT2D eigenvalue weighted by Crippen LogP contribution is 2.38. The number of hydrogen-bond acceptors (Lipinski definition) is 8. The lowest BCUT2D eigenvalue weighted by Crippen LogP contribution is -2.21. The van der Waals surface area contributed by atoms with Crippen LogP contribution in [0.15, 0.2) is 54.2 Å². The summed E-state index contributed by atoms with van der Waals surface area (Å²) in [6, 6.07) is 13.7. The summed E-state index contributed by atoms with van der Waals surface area (Å²) in [5, 5.41) is 18.5. The van der Waals surface area contributed by atoms with Crippen LogP contribution in [0.25, 0.3) is 0 Å². The Labute approximate surface area is 198 Å². The molecule has 0 spiro atoms. The van der Waals surface area contributed by atoms with E-state index >= 15 is 0 Å². The largest absolute Gasteiger partial charge is 0.493 e. The number of nitrogens with zero attached hydrogens (tertiary/aromatic N) is 2. The van der Waals surface area contributed by atoms with E-state index in [0.717, 1.165) is 40.6 Å². The summed E-state index contributed by atoms with van der Waals surface area (Å²) in [4.78, 5) is 7.55. The van der Waals surface area contributed by atoms with E-state index in [2.05, 4.69) is 9.88 Å². The summed E-state index contributed by atoms with van der Waals surface area (Å²) in [5.41, 5.74) is 3.80. The summed E-state index contributed by atoms with van der Waals surface area (Å²) in [7, 11) is 1.66. The number of benzene rings is 2. The molecule has 0 amide bonds. The third-order valence-electron chi connectivity index (χ3n) is 5.65. The molecule has 1 heterocycles. The quantitative estimate of drug-likeness (QED) is 0.425. The molecule has 8 heteroatoms. The highest BCUT2D eigenvalue weighted by atomic mass is 32.1. The van der Waals surface area contributed by atoms with Crippen LogP contribution in [0.2, 0.25) is 0 Å². The molecule has 2 aromatic carbocycles. The number of hydrogen-bond donors (Lipinski definition) is 2. The molecular weight excluding hydrogens is 440 g/mol. The van der Waals surface area contributed by atoms with E-state index in [1.54, 1.807) is 18.4 Å². The van der Waals surface area contributed by atoms with E-state index in [4.69, 9.17) is 19.3 Å². The maximum atomic E-state index is 9.52. The van der Waals surface area contributed by atoms with Crippen LogP contribution in [-0.2, 0) is 6.54 Å². The van der Waals surface area contributed by atoms with Crippen molar-refractivity contribution in [2.24, 2.45) is 0 Å². The zero-order valence-corrected chi connectivity index (χ0v) is 19.5. The van der Waals surface area contributed by atoms with Crippen molar-refractivity contribution in [1.29, 1.82) is 0 Å². The summed E-state index contributed by atoms with van der Waals surface area (Å²) >= 11 is 1.61. The highest BCUT2D eigenvalue weighted by molar-refractivity contribution is 7.09. The van der Waals surface area contributed by atoms with Crippen LogP contribution in [0, 0.1) is 0 Å². The predicted octanol–water partition coefficient (Wildman–Crippen LogP) is 4.54. The molecule has 1 saturated carbocycles. The van der Waals surface area contributed by atoms with Gasteiger partial charge in [0, 0.05) is 28.5 Å². The molecule has 1 aromatic heterocycles. The molecule has 0 radical (unpaired) electrons. The topological polar surface area (TPSA) is 84.3 Å². The summed E-state index contributed by atoms with van der Waals surface area (Å²) in [5.74, 6) is 2.12. The fourth-order valence-corrected chi connectivity index (χ4v) is 4.47. The van der Waals surface area contributed by atoms with Crippen molar-refractivity contribution in [3.05, 3.63) is 59.0 Å². The van der Waals surface area contributed by atoms with Crippen LogP contribution >= 0.6 is 11.3 Å². The normalized spacial score (nSPS) is 14.8. The lowest BCUT2D eigenvalue weighted by molar-refractivity contribution is 0.0536. The molecule has 3 aromatic rings. The van der Waals surface area contributed by atoms with Gasteiger partial charge >= 0.3 is 0 Å². The molecule has 1 aliphatic carbocycles. The highest BCUT2D eigenvalue weighted by Gasteiger charge is 2.20. The van der Waals surface area contributed by atoms with Crippen LogP contribution in [0.1, 0.15) is 30.6 Å². The van der Waals surface area contributed by atoms with Gasteiger partial charge in [-0.2, -0.15) is 0 Å². The lowest BCUT2D eigenvalue weighted by Gasteiger charge is -2.26. The van der Waals surface area contributed by atoms with Gasteiger partial charge in [0.25, 0.3) is 0 Å². The maximum Gasteiger partial charge on any atom is 0.163 e. The third-order valence-corrected chi connectivity index (χ3v) is 6.42. The third kappa shape index (κ3) is 6.16. The van der Waals surface area contributed by atoms with Crippen molar-refractivity contribution in [2.75, 3.05) is 25.2 Å². The van der Waals surface area contributed by atoms with Gasteiger partial charge < -0.3 is 29.3 Å². The molecular formula is C25H30N2O5S. The maximum absolute atomic E-state index is 9.52. The van der Waals surface area contributed by atoms with E-state index < -0.39 is 6.10 Å². The Morgan fingerprint density at radius 1 is 1.09 bits per heavy atom. The van der Waals surface area contributed by atoms with Gasteiger partial charge in [0.2, 0.25) is 0 Å². The second-order valence-corrected chi connectivity index (χ2v) is 9.03. The number of methoxy groups -OCH3 is 1. The molecule has 1 unspecified atom stereocenters. The van der Waals surface area contributed by atoms with Gasteiger partial charge in [-0.3, -0.25) is 4.98 Å². The van der Waals surface area contributed by atoms with Crippen molar-refractivity contribution >= 4 is 22.7 Å². The number of thiazole rings is 1. The van der Waals surface area contributed by atoms with Crippen molar-refractivity contribution < 1.29 is 24.4 Å². The minimum atomic E-state index is -0.898.